The average Bonchev–Trinajstić information content (AvgIpc) is 1.61. The van der Waals surface area contributed by atoms with Crippen LogP contribution in [0, 0.1) is 0 Å². The van der Waals surface area contributed by atoms with Gasteiger partial charge in [-0.2, -0.15) is 0 Å². The molecule has 0 aliphatic carbocycles. The lowest BCUT2D eigenvalue weighted by Gasteiger charge is -2.11. The molecule has 23 aromatic rings. The van der Waals surface area contributed by atoms with Crippen LogP contribution in [0.3, 0.4) is 0 Å². The van der Waals surface area contributed by atoms with E-state index in [-0.39, 0.29) is 0 Å². The van der Waals surface area contributed by atoms with E-state index in [0.29, 0.717) is 34.9 Å². The van der Waals surface area contributed by atoms with Gasteiger partial charge in [0.25, 0.3) is 0 Å². The molecule has 8 heterocycles. The minimum atomic E-state index is 0.631. The van der Waals surface area contributed by atoms with Crippen molar-refractivity contribution in [2.75, 3.05) is 0 Å². The molecule has 0 saturated heterocycles. The van der Waals surface area contributed by atoms with Crippen molar-refractivity contribution in [2.24, 2.45) is 0 Å². The fraction of sp³-hybridized carbons (Fsp3) is 0. The van der Waals surface area contributed by atoms with Gasteiger partial charge in [0.15, 0.2) is 34.9 Å². The van der Waals surface area contributed by atoms with Gasteiger partial charge in [-0.3, -0.25) is 0 Å². The standard InChI is InChI=1S/C105H61N9S4/c1-5-23-62(24-6-1)72-31-17-33-74(59-72)85-61-84(66-25-7-2-8-26-66)106-104(107-85)82-41-21-45-88-90(82)80-39-19-37-76(96(80)117-88)65-51-57-71(58-52-65)100-108-92(98-94(110-100)78-35-13-15-43-86(78)115-98)67-53-47-63(48-54-67)64-49-55-68(56-50-64)93-99-95(79-36-14-16-44-87(79)116-99)111-103(109-93)75-34-18-32-73(60-75)77-38-20-40-81-91-83(42-22-46-89(91)118-97(77)81)105-113-101(69-27-9-3-10-28-69)112-102(114-105)70-29-11-4-12-30-70/h1-61H. The first-order valence-electron chi connectivity index (χ1n) is 39.1. The normalized spacial score (nSPS) is 11.7. The first-order valence-corrected chi connectivity index (χ1v) is 42.4. The third-order valence-electron chi connectivity index (χ3n) is 22.3. The van der Waals surface area contributed by atoms with Crippen LogP contribution in [0.1, 0.15) is 0 Å². The van der Waals surface area contributed by atoms with Crippen LogP contribution < -0.4 is 0 Å². The summed E-state index contributed by atoms with van der Waals surface area (Å²) < 4.78 is 9.15. The highest BCUT2D eigenvalue weighted by atomic mass is 32.1. The lowest BCUT2D eigenvalue weighted by atomic mass is 9.98. The first-order chi connectivity index (χ1) is 58.4. The van der Waals surface area contributed by atoms with Gasteiger partial charge in [0.2, 0.25) is 0 Å². The van der Waals surface area contributed by atoms with Crippen LogP contribution in [-0.4, -0.2) is 44.9 Å². The number of fused-ring (bicyclic) bond motifs is 12. The van der Waals surface area contributed by atoms with Gasteiger partial charge < -0.3 is 0 Å². The largest absolute Gasteiger partial charge is 0.228 e. The second kappa shape index (κ2) is 28.8. The highest BCUT2D eigenvalue weighted by molar-refractivity contribution is 7.27. The Bertz CT molecular complexity index is 7850. The Hall–Kier alpha value is -14.6. The predicted molar refractivity (Wildman–Crippen MR) is 494 cm³/mol. The Morgan fingerprint density at radius 3 is 1.03 bits per heavy atom. The lowest BCUT2D eigenvalue weighted by Crippen LogP contribution is -2.00. The number of nitrogens with zero attached hydrogens (tertiary/aromatic N) is 9. The van der Waals surface area contributed by atoms with Crippen molar-refractivity contribution in [1.82, 2.24) is 44.9 Å². The van der Waals surface area contributed by atoms with Crippen molar-refractivity contribution in [2.45, 2.75) is 0 Å². The van der Waals surface area contributed by atoms with Crippen molar-refractivity contribution in [3.05, 3.63) is 370 Å². The molecule has 0 atom stereocenters. The van der Waals surface area contributed by atoms with Crippen LogP contribution in [-0.2, 0) is 0 Å². The quantitative estimate of drug-likeness (QED) is 0.105. The Balaban J connectivity index is 0.555. The molecule has 8 aromatic heterocycles. The number of benzene rings is 15. The molecule has 0 amide bonds. The zero-order valence-corrected chi connectivity index (χ0v) is 66.1. The maximum Gasteiger partial charge on any atom is 0.164 e. The molecule has 0 bridgehead atoms. The van der Waals surface area contributed by atoms with Crippen LogP contribution in [0.15, 0.2) is 370 Å². The fourth-order valence-electron chi connectivity index (χ4n) is 16.5. The molecular weight excluding hydrogens is 1520 g/mol. The SMILES string of the molecule is c1ccc(-c2cccc(-c3cc(-c4ccccc4)nc(-c4cccc5sc6c(-c7ccc(-c8nc(-c9ccc(-c%10ccc(-c%11nc(-c%12cccc(-c%13cccc%14c%13sc%13cccc(-c%15nc(-c%16ccccc%16)nc(-c%16ccccc%16)n%15)c%13%14)c%12)nc%12c%11sc%11ccccc%11%12)cc%10)cc9)c9sc%10ccccc%10c9n8)cc7)cccc6c45)n3)c2)cc1. The molecule has 0 spiro atoms. The van der Waals surface area contributed by atoms with Crippen molar-refractivity contribution in [3.63, 3.8) is 0 Å². The van der Waals surface area contributed by atoms with Crippen molar-refractivity contribution >= 4 is 126 Å². The van der Waals surface area contributed by atoms with Gasteiger partial charge in [0, 0.05) is 116 Å². The van der Waals surface area contributed by atoms with Crippen LogP contribution >= 0.6 is 45.3 Å². The lowest BCUT2D eigenvalue weighted by molar-refractivity contribution is 1.08. The smallest absolute Gasteiger partial charge is 0.164 e. The van der Waals surface area contributed by atoms with Crippen LogP contribution in [0.25, 0.3) is 239 Å². The number of hydrogen-bond donors (Lipinski definition) is 0. The van der Waals surface area contributed by atoms with E-state index in [0.717, 1.165) is 175 Å². The van der Waals surface area contributed by atoms with Gasteiger partial charge in [0.05, 0.1) is 43.2 Å². The number of rotatable bonds is 14. The Labute approximate surface area is 693 Å². The highest BCUT2D eigenvalue weighted by Crippen LogP contribution is 2.49. The molecule has 9 nitrogen and oxygen atoms in total. The van der Waals surface area contributed by atoms with Gasteiger partial charge in [-0.25, -0.2) is 44.9 Å². The van der Waals surface area contributed by atoms with E-state index in [9.17, 15) is 0 Å². The van der Waals surface area contributed by atoms with Gasteiger partial charge in [-0.1, -0.05) is 328 Å². The fourth-order valence-corrected chi connectivity index (χ4v) is 21.3. The van der Waals surface area contributed by atoms with Crippen LogP contribution in [0.2, 0.25) is 0 Å². The molecule has 15 aromatic carbocycles. The Morgan fingerprint density at radius 1 is 0.161 bits per heavy atom. The summed E-state index contributed by atoms with van der Waals surface area (Å²) in [6.45, 7) is 0. The van der Waals surface area contributed by atoms with E-state index < -0.39 is 0 Å². The molecule has 0 N–H and O–H groups in total. The van der Waals surface area contributed by atoms with Crippen LogP contribution in [0.4, 0.5) is 0 Å². The second-order valence-corrected chi connectivity index (χ2v) is 33.6. The molecule has 0 saturated carbocycles. The Morgan fingerprint density at radius 2 is 0.483 bits per heavy atom. The molecule has 0 radical (unpaired) electrons. The monoisotopic (exact) mass is 1580 g/mol. The summed E-state index contributed by atoms with van der Waals surface area (Å²) in [4.78, 5) is 48.0. The topological polar surface area (TPSA) is 116 Å². The van der Waals surface area contributed by atoms with E-state index in [2.05, 4.69) is 303 Å². The molecule has 23 rings (SSSR count). The molecule has 0 fully saturated rings. The minimum Gasteiger partial charge on any atom is -0.228 e. The second-order valence-electron chi connectivity index (χ2n) is 29.4. The molecule has 0 unspecified atom stereocenters. The molecule has 13 heteroatoms. The summed E-state index contributed by atoms with van der Waals surface area (Å²) in [7, 11) is 0. The molecule has 550 valence electrons. The summed E-state index contributed by atoms with van der Waals surface area (Å²) in [6, 6.07) is 131. The summed E-state index contributed by atoms with van der Waals surface area (Å²) in [5, 5.41) is 6.79. The summed E-state index contributed by atoms with van der Waals surface area (Å²) in [6.07, 6.45) is 0. The van der Waals surface area contributed by atoms with E-state index in [1.54, 1.807) is 34.0 Å². The molecule has 0 aliphatic rings. The third kappa shape index (κ3) is 12.2. The van der Waals surface area contributed by atoms with Crippen molar-refractivity contribution in [3.8, 4) is 158 Å². The number of hydrogen-bond acceptors (Lipinski definition) is 13. The summed E-state index contributed by atoms with van der Waals surface area (Å²) >= 11 is 7.08. The van der Waals surface area contributed by atoms with E-state index in [1.807, 2.05) is 78.1 Å². The van der Waals surface area contributed by atoms with E-state index in [1.165, 1.54) is 28.9 Å². The van der Waals surface area contributed by atoms with Crippen LogP contribution in [0.5, 0.6) is 0 Å². The Kier molecular flexibility index (Phi) is 16.8. The highest BCUT2D eigenvalue weighted by Gasteiger charge is 2.25. The predicted octanol–water partition coefficient (Wildman–Crippen LogP) is 29.1. The number of aromatic nitrogens is 9. The van der Waals surface area contributed by atoms with E-state index >= 15 is 0 Å². The molecule has 0 aliphatic heterocycles. The van der Waals surface area contributed by atoms with Crippen molar-refractivity contribution in [1.29, 1.82) is 0 Å². The zero-order chi connectivity index (χ0) is 77.7. The number of thiophene rings is 4. The maximum absolute atomic E-state index is 5.53. The van der Waals surface area contributed by atoms with Gasteiger partial charge in [-0.15, -0.1) is 45.3 Å². The summed E-state index contributed by atoms with van der Waals surface area (Å²) in [5.74, 6) is 3.92. The van der Waals surface area contributed by atoms with Crippen molar-refractivity contribution < 1.29 is 0 Å². The van der Waals surface area contributed by atoms with Gasteiger partial charge in [-0.05, 0) is 87.0 Å². The van der Waals surface area contributed by atoms with E-state index in [4.69, 9.17) is 44.9 Å². The minimum absolute atomic E-state index is 0.631. The molecule has 118 heavy (non-hydrogen) atoms. The van der Waals surface area contributed by atoms with Gasteiger partial charge in [0.1, 0.15) is 0 Å². The molecular formula is C105H61N9S4. The zero-order valence-electron chi connectivity index (χ0n) is 62.9. The average molecular weight is 1580 g/mol. The van der Waals surface area contributed by atoms with Gasteiger partial charge >= 0.3 is 0 Å². The first kappa shape index (κ1) is 69.0. The summed E-state index contributed by atoms with van der Waals surface area (Å²) in [5.41, 5.74) is 24.2. The third-order valence-corrected chi connectivity index (χ3v) is 27.0. The maximum atomic E-state index is 5.53.